The van der Waals surface area contributed by atoms with Crippen LogP contribution in [0.15, 0.2) is 40.8 Å². The van der Waals surface area contributed by atoms with Crippen LogP contribution in [0.25, 0.3) is 21.9 Å². The van der Waals surface area contributed by atoms with Gasteiger partial charge in [0.1, 0.15) is 16.9 Å². The van der Waals surface area contributed by atoms with Gasteiger partial charge in [-0.1, -0.05) is 18.2 Å². The number of furan rings is 1. The molecular weight excluding hydrogens is 228 g/mol. The van der Waals surface area contributed by atoms with E-state index in [1.54, 1.807) is 6.07 Å². The smallest absolute Gasteiger partial charge is 0.308 e. The summed E-state index contributed by atoms with van der Waals surface area (Å²) in [5.74, 6) is 0.225. The van der Waals surface area contributed by atoms with E-state index in [0.29, 0.717) is 5.75 Å². The Hall–Kier alpha value is -2.29. The minimum absolute atomic E-state index is 0.325. The van der Waals surface area contributed by atoms with Gasteiger partial charge in [0, 0.05) is 23.3 Å². The maximum Gasteiger partial charge on any atom is 0.308 e. The predicted octanol–water partition coefficient (Wildman–Crippen LogP) is 3.82. The van der Waals surface area contributed by atoms with Gasteiger partial charge in [0.25, 0.3) is 0 Å². The highest BCUT2D eigenvalue weighted by Crippen LogP contribution is 2.34. The maximum atomic E-state index is 11.0. The van der Waals surface area contributed by atoms with Crippen molar-refractivity contribution in [2.75, 3.05) is 0 Å². The predicted molar refractivity (Wildman–Crippen MR) is 69.8 cm³/mol. The molecule has 0 radical (unpaired) electrons. The third-order valence-electron chi connectivity index (χ3n) is 3.00. The van der Waals surface area contributed by atoms with Gasteiger partial charge in [-0.15, -0.1) is 0 Å². The number of rotatable bonds is 1. The lowest BCUT2D eigenvalue weighted by Gasteiger charge is -2.04. The lowest BCUT2D eigenvalue weighted by molar-refractivity contribution is -0.131. The van der Waals surface area contributed by atoms with E-state index in [4.69, 9.17) is 9.15 Å². The molecule has 0 N–H and O–H groups in total. The third-order valence-corrected chi connectivity index (χ3v) is 3.00. The van der Waals surface area contributed by atoms with Crippen molar-refractivity contribution in [3.63, 3.8) is 0 Å². The van der Waals surface area contributed by atoms with Crippen LogP contribution in [0.5, 0.6) is 5.75 Å². The monoisotopic (exact) mass is 240 g/mol. The number of carbonyl (C=O) groups is 1. The molecule has 2 aromatic carbocycles. The highest BCUT2D eigenvalue weighted by atomic mass is 16.5. The summed E-state index contributed by atoms with van der Waals surface area (Å²) in [6, 6.07) is 11.6. The number of aryl methyl sites for hydroxylation is 1. The Morgan fingerprint density at radius 1 is 1.11 bits per heavy atom. The van der Waals surface area contributed by atoms with Gasteiger partial charge >= 0.3 is 5.97 Å². The topological polar surface area (TPSA) is 39.4 Å². The summed E-state index contributed by atoms with van der Waals surface area (Å²) in [4.78, 5) is 11.0. The molecule has 0 bridgehead atoms. The van der Waals surface area contributed by atoms with Gasteiger partial charge < -0.3 is 9.15 Å². The van der Waals surface area contributed by atoms with Crippen LogP contribution < -0.4 is 4.74 Å². The Bertz CT molecular complexity index is 753. The Kier molecular flexibility index (Phi) is 2.33. The van der Waals surface area contributed by atoms with Gasteiger partial charge in [-0.25, -0.2) is 0 Å². The van der Waals surface area contributed by atoms with Crippen molar-refractivity contribution < 1.29 is 13.9 Å². The number of hydrogen-bond donors (Lipinski definition) is 0. The second-order valence-electron chi connectivity index (χ2n) is 4.26. The van der Waals surface area contributed by atoms with E-state index >= 15 is 0 Å². The average molecular weight is 240 g/mol. The first-order chi connectivity index (χ1) is 8.66. The number of para-hydroxylation sites is 1. The lowest BCUT2D eigenvalue weighted by atomic mass is 10.1. The minimum atomic E-state index is -0.325. The van der Waals surface area contributed by atoms with Crippen LogP contribution in [-0.4, -0.2) is 5.97 Å². The zero-order valence-electron chi connectivity index (χ0n) is 10.2. The van der Waals surface area contributed by atoms with Gasteiger partial charge in [0.15, 0.2) is 0 Å². The number of carbonyl (C=O) groups excluding carboxylic acids is 1. The molecule has 1 heterocycles. The number of ether oxygens (including phenoxy) is 1. The van der Waals surface area contributed by atoms with Gasteiger partial charge in [0.2, 0.25) is 0 Å². The Morgan fingerprint density at radius 2 is 1.89 bits per heavy atom. The Balaban J connectivity index is 2.32. The number of benzene rings is 2. The largest absolute Gasteiger partial charge is 0.456 e. The standard InChI is InChI=1S/C15H12O3/c1-9-13(17-10(2)16)8-7-12-11-5-3-4-6-14(11)18-15(9)12/h3-8H,1-2H3. The fourth-order valence-electron chi connectivity index (χ4n) is 2.17. The van der Waals surface area contributed by atoms with Crippen molar-refractivity contribution in [3.05, 3.63) is 42.0 Å². The van der Waals surface area contributed by atoms with E-state index in [9.17, 15) is 4.79 Å². The molecule has 0 aliphatic heterocycles. The highest BCUT2D eigenvalue weighted by molar-refractivity contribution is 6.06. The van der Waals surface area contributed by atoms with Crippen molar-refractivity contribution in [1.82, 2.24) is 0 Å². The summed E-state index contributed by atoms with van der Waals surface area (Å²) in [5.41, 5.74) is 2.46. The van der Waals surface area contributed by atoms with Crippen LogP contribution in [0.4, 0.5) is 0 Å². The molecule has 90 valence electrons. The first kappa shape index (κ1) is 10.8. The minimum Gasteiger partial charge on any atom is -0.456 e. The second-order valence-corrected chi connectivity index (χ2v) is 4.26. The van der Waals surface area contributed by atoms with Crippen molar-refractivity contribution in [2.45, 2.75) is 13.8 Å². The summed E-state index contributed by atoms with van der Waals surface area (Å²) in [6.07, 6.45) is 0. The normalized spacial score (nSPS) is 11.0. The molecule has 0 aliphatic rings. The van der Waals surface area contributed by atoms with Crippen LogP contribution in [0, 0.1) is 6.92 Å². The summed E-state index contributed by atoms with van der Waals surface area (Å²) in [5, 5.41) is 2.11. The molecule has 0 fully saturated rings. The first-order valence-corrected chi connectivity index (χ1v) is 5.76. The van der Waals surface area contributed by atoms with Gasteiger partial charge in [-0.3, -0.25) is 4.79 Å². The molecular formula is C15H12O3. The van der Waals surface area contributed by atoms with E-state index in [0.717, 1.165) is 27.5 Å². The van der Waals surface area contributed by atoms with Crippen molar-refractivity contribution in [1.29, 1.82) is 0 Å². The molecule has 0 amide bonds. The van der Waals surface area contributed by atoms with E-state index < -0.39 is 0 Å². The van der Waals surface area contributed by atoms with E-state index in [1.165, 1.54) is 6.92 Å². The van der Waals surface area contributed by atoms with Crippen LogP contribution in [-0.2, 0) is 4.79 Å². The summed E-state index contributed by atoms with van der Waals surface area (Å²) >= 11 is 0. The number of esters is 1. The Labute approximate surface area is 104 Å². The molecule has 3 aromatic rings. The van der Waals surface area contributed by atoms with Gasteiger partial charge in [-0.05, 0) is 25.1 Å². The first-order valence-electron chi connectivity index (χ1n) is 5.76. The molecule has 18 heavy (non-hydrogen) atoms. The zero-order chi connectivity index (χ0) is 12.7. The van der Waals surface area contributed by atoms with Crippen LogP contribution in [0.2, 0.25) is 0 Å². The highest BCUT2D eigenvalue weighted by Gasteiger charge is 2.12. The molecule has 0 spiro atoms. The van der Waals surface area contributed by atoms with E-state index in [2.05, 4.69) is 0 Å². The van der Waals surface area contributed by atoms with Crippen LogP contribution in [0.3, 0.4) is 0 Å². The van der Waals surface area contributed by atoms with Crippen molar-refractivity contribution >= 4 is 27.9 Å². The molecule has 0 unspecified atom stereocenters. The summed E-state index contributed by atoms with van der Waals surface area (Å²) < 4.78 is 11.0. The molecule has 0 atom stereocenters. The molecule has 0 aliphatic carbocycles. The average Bonchev–Trinajstić information content (AvgIpc) is 2.72. The molecule has 1 aromatic heterocycles. The summed E-state index contributed by atoms with van der Waals surface area (Å²) in [6.45, 7) is 3.28. The van der Waals surface area contributed by atoms with E-state index in [1.807, 2.05) is 37.3 Å². The van der Waals surface area contributed by atoms with Crippen LogP contribution in [0.1, 0.15) is 12.5 Å². The van der Waals surface area contributed by atoms with Gasteiger partial charge in [0.05, 0.1) is 0 Å². The summed E-state index contributed by atoms with van der Waals surface area (Å²) in [7, 11) is 0. The van der Waals surface area contributed by atoms with Crippen molar-refractivity contribution in [2.24, 2.45) is 0 Å². The fraction of sp³-hybridized carbons (Fsp3) is 0.133. The molecule has 0 saturated carbocycles. The van der Waals surface area contributed by atoms with Gasteiger partial charge in [-0.2, -0.15) is 0 Å². The quantitative estimate of drug-likeness (QED) is 0.479. The molecule has 3 rings (SSSR count). The number of hydrogen-bond acceptors (Lipinski definition) is 3. The number of fused-ring (bicyclic) bond motifs is 3. The van der Waals surface area contributed by atoms with E-state index in [-0.39, 0.29) is 5.97 Å². The molecule has 3 nitrogen and oxygen atoms in total. The fourth-order valence-corrected chi connectivity index (χ4v) is 2.17. The second kappa shape index (κ2) is 3.88. The SMILES string of the molecule is CC(=O)Oc1ccc2c(oc3ccccc32)c1C. The molecule has 0 saturated heterocycles. The lowest BCUT2D eigenvalue weighted by Crippen LogP contribution is -2.02. The zero-order valence-corrected chi connectivity index (χ0v) is 10.2. The maximum absolute atomic E-state index is 11.0. The molecule has 3 heteroatoms. The van der Waals surface area contributed by atoms with Crippen LogP contribution >= 0.6 is 0 Å². The van der Waals surface area contributed by atoms with Crippen molar-refractivity contribution in [3.8, 4) is 5.75 Å². The third kappa shape index (κ3) is 1.56. The Morgan fingerprint density at radius 3 is 2.67 bits per heavy atom.